The molecule has 0 spiro atoms. The lowest BCUT2D eigenvalue weighted by atomic mass is 9.73. The van der Waals surface area contributed by atoms with E-state index in [-0.39, 0.29) is 23.8 Å². The highest BCUT2D eigenvalue weighted by Crippen LogP contribution is 2.44. The number of carbonyl (C=O) groups excluding carboxylic acids is 1. The van der Waals surface area contributed by atoms with Crippen LogP contribution in [0, 0.1) is 24.6 Å². The fourth-order valence-electron chi connectivity index (χ4n) is 5.78. The zero-order valence-electron chi connectivity index (χ0n) is 24.8. The van der Waals surface area contributed by atoms with E-state index in [4.69, 9.17) is 9.47 Å². The summed E-state index contributed by atoms with van der Waals surface area (Å²) >= 11 is 0. The number of methoxy groups -OCH3 is 1. The van der Waals surface area contributed by atoms with Gasteiger partial charge in [-0.1, -0.05) is 32.0 Å². The minimum Gasteiger partial charge on any atom is -0.457 e. The summed E-state index contributed by atoms with van der Waals surface area (Å²) in [6.07, 6.45) is 4.57. The fraction of sp³-hybridized carbons (Fsp3) is 0.594. The first-order chi connectivity index (χ1) is 19.2. The molecule has 0 aliphatic carbocycles. The molecule has 2 amide bonds. The first kappa shape index (κ1) is 31.8. The Hall–Kier alpha value is -2.68. The smallest absolute Gasteiger partial charge is 0.317 e. The highest BCUT2D eigenvalue weighted by atomic mass is 19.1. The number of piperidine rings is 1. The molecule has 0 saturated carbocycles. The van der Waals surface area contributed by atoms with Crippen molar-refractivity contribution >= 4 is 6.03 Å². The molecule has 7 nitrogen and oxygen atoms in total. The molecule has 3 atom stereocenters. The Balaban J connectivity index is 1.88. The van der Waals surface area contributed by atoms with Crippen LogP contribution in [0.4, 0.5) is 9.18 Å². The van der Waals surface area contributed by atoms with Crippen molar-refractivity contribution in [3.8, 4) is 11.5 Å². The predicted octanol–water partition coefficient (Wildman–Crippen LogP) is 5.99. The molecular formula is C32H48FN3O4. The van der Waals surface area contributed by atoms with Crippen LogP contribution in [0.15, 0.2) is 42.5 Å². The molecule has 8 heteroatoms. The van der Waals surface area contributed by atoms with Gasteiger partial charge in [-0.15, -0.1) is 0 Å². The fourth-order valence-corrected chi connectivity index (χ4v) is 5.78. The van der Waals surface area contributed by atoms with E-state index in [9.17, 15) is 14.3 Å². The topological polar surface area (TPSA) is 83.1 Å². The third kappa shape index (κ3) is 8.66. The number of benzene rings is 2. The number of urea groups is 1. The molecule has 1 unspecified atom stereocenters. The van der Waals surface area contributed by atoms with Gasteiger partial charge >= 0.3 is 6.03 Å². The third-order valence-corrected chi connectivity index (χ3v) is 7.78. The number of para-hydroxylation sites is 1. The van der Waals surface area contributed by atoms with Crippen molar-refractivity contribution in [2.24, 2.45) is 11.8 Å². The van der Waals surface area contributed by atoms with Crippen molar-refractivity contribution in [3.63, 3.8) is 0 Å². The van der Waals surface area contributed by atoms with E-state index in [1.54, 1.807) is 20.1 Å². The summed E-state index contributed by atoms with van der Waals surface area (Å²) in [7, 11) is 3.58. The predicted molar refractivity (Wildman–Crippen MR) is 157 cm³/mol. The van der Waals surface area contributed by atoms with Crippen molar-refractivity contribution in [3.05, 3.63) is 59.4 Å². The highest BCUT2D eigenvalue weighted by molar-refractivity contribution is 5.74. The first-order valence-corrected chi connectivity index (χ1v) is 14.6. The average molecular weight is 558 g/mol. The number of amides is 2. The van der Waals surface area contributed by atoms with Gasteiger partial charge in [-0.05, 0) is 88.2 Å². The molecule has 1 heterocycles. The number of carbonyl (C=O) groups is 1. The number of hydrogen-bond acceptors (Lipinski definition) is 5. The molecule has 1 fully saturated rings. The van der Waals surface area contributed by atoms with Crippen LogP contribution in [-0.4, -0.2) is 62.5 Å². The van der Waals surface area contributed by atoms with Crippen molar-refractivity contribution in [2.75, 3.05) is 40.4 Å². The van der Waals surface area contributed by atoms with Crippen LogP contribution < -0.4 is 15.4 Å². The van der Waals surface area contributed by atoms with Gasteiger partial charge in [0.2, 0.25) is 0 Å². The Kier molecular flexibility index (Phi) is 12.2. The van der Waals surface area contributed by atoms with Crippen molar-refractivity contribution in [1.82, 2.24) is 15.5 Å². The maximum atomic E-state index is 13.7. The molecule has 0 aromatic heterocycles. The molecule has 2 aromatic rings. The number of nitrogens with zero attached hydrogens (tertiary/aromatic N) is 1. The summed E-state index contributed by atoms with van der Waals surface area (Å²) < 4.78 is 25.3. The third-order valence-electron chi connectivity index (χ3n) is 7.78. The Labute approximate surface area is 239 Å². The summed E-state index contributed by atoms with van der Waals surface area (Å²) in [5, 5.41) is 18.9. The van der Waals surface area contributed by atoms with E-state index in [0.29, 0.717) is 61.2 Å². The van der Waals surface area contributed by atoms with Gasteiger partial charge in [0.05, 0.1) is 5.60 Å². The number of halogens is 1. The molecule has 0 bridgehead atoms. The minimum absolute atomic E-state index is 0.0406. The van der Waals surface area contributed by atoms with Crippen LogP contribution >= 0.6 is 0 Å². The number of likely N-dealkylation sites (N-methyl/N-ethyl adjacent to an activating group) is 1. The molecule has 222 valence electrons. The van der Waals surface area contributed by atoms with E-state index in [1.807, 2.05) is 36.2 Å². The van der Waals surface area contributed by atoms with Gasteiger partial charge in [0.1, 0.15) is 17.3 Å². The summed E-state index contributed by atoms with van der Waals surface area (Å²) in [4.78, 5) is 15.2. The van der Waals surface area contributed by atoms with Gasteiger partial charge < -0.3 is 30.1 Å². The van der Waals surface area contributed by atoms with Crippen LogP contribution in [0.25, 0.3) is 0 Å². The molecular weight excluding hydrogens is 509 g/mol. The maximum Gasteiger partial charge on any atom is 0.317 e. The Morgan fingerprint density at radius 3 is 2.67 bits per heavy atom. The first-order valence-electron chi connectivity index (χ1n) is 14.6. The van der Waals surface area contributed by atoms with Gasteiger partial charge in [0.25, 0.3) is 0 Å². The lowest BCUT2D eigenvalue weighted by Gasteiger charge is -2.43. The van der Waals surface area contributed by atoms with Gasteiger partial charge in [-0.3, -0.25) is 0 Å². The normalized spacial score (nSPS) is 17.9. The molecule has 3 N–H and O–H groups in total. The van der Waals surface area contributed by atoms with Gasteiger partial charge in [0, 0.05) is 50.9 Å². The number of nitrogens with one attached hydrogen (secondary N) is 2. The number of likely N-dealkylation sites (tertiary alicyclic amines) is 1. The highest BCUT2D eigenvalue weighted by Gasteiger charge is 2.43. The zero-order valence-corrected chi connectivity index (χ0v) is 24.8. The number of aliphatic hydroxyl groups is 1. The number of rotatable bonds is 14. The summed E-state index contributed by atoms with van der Waals surface area (Å²) in [6.45, 7) is 8.54. The Morgan fingerprint density at radius 2 is 1.98 bits per heavy atom. The second kappa shape index (κ2) is 15.4. The monoisotopic (exact) mass is 557 g/mol. The van der Waals surface area contributed by atoms with E-state index < -0.39 is 5.60 Å². The van der Waals surface area contributed by atoms with Gasteiger partial charge in [0.15, 0.2) is 0 Å². The van der Waals surface area contributed by atoms with E-state index in [2.05, 4.69) is 24.5 Å². The Bertz CT molecular complexity index is 1080. The summed E-state index contributed by atoms with van der Waals surface area (Å²) in [6, 6.07) is 11.9. The number of unbranched alkanes of at least 4 members (excludes halogenated alkanes) is 1. The second-order valence-corrected chi connectivity index (χ2v) is 11.5. The van der Waals surface area contributed by atoms with E-state index >= 15 is 0 Å². The summed E-state index contributed by atoms with van der Waals surface area (Å²) in [5.74, 6) is 1.05. The maximum absolute atomic E-state index is 13.7. The van der Waals surface area contributed by atoms with Gasteiger partial charge in [-0.25, -0.2) is 9.18 Å². The number of ether oxygens (including phenoxy) is 2. The van der Waals surface area contributed by atoms with Crippen molar-refractivity contribution < 1.29 is 23.8 Å². The van der Waals surface area contributed by atoms with Crippen LogP contribution in [0.1, 0.15) is 63.5 Å². The molecule has 0 radical (unpaired) electrons. The van der Waals surface area contributed by atoms with Crippen LogP contribution in [0.2, 0.25) is 0 Å². The largest absolute Gasteiger partial charge is 0.457 e. The quantitative estimate of drug-likeness (QED) is 0.249. The zero-order chi connectivity index (χ0) is 29.1. The standard InChI is InChI=1S/C32H48FN3O4/c1-23(2)19-27(21-34-4)35-31(37)36-17-10-11-25(22-36)32(38,16-8-9-18-39-5)28-12-6-7-13-30(28)40-29-15-14-26(33)20-24(29)3/h6-7,12-15,20,23,25,27,34,38H,8-11,16-19,21-22H2,1-5H3,(H,35,37)/t25-,27?,32+/m1/s1. The van der Waals surface area contributed by atoms with Crippen molar-refractivity contribution in [2.45, 2.75) is 70.9 Å². The minimum atomic E-state index is -1.22. The number of aryl methyl sites for hydroxylation is 1. The van der Waals surface area contributed by atoms with E-state index in [0.717, 1.165) is 32.1 Å². The number of hydrogen-bond donors (Lipinski definition) is 3. The molecule has 1 aliphatic heterocycles. The van der Waals surface area contributed by atoms with Gasteiger partial charge in [-0.2, -0.15) is 0 Å². The second-order valence-electron chi connectivity index (χ2n) is 11.5. The molecule has 1 saturated heterocycles. The van der Waals surface area contributed by atoms with Crippen LogP contribution in [-0.2, 0) is 10.3 Å². The average Bonchev–Trinajstić information content (AvgIpc) is 2.92. The van der Waals surface area contributed by atoms with E-state index in [1.165, 1.54) is 12.1 Å². The van der Waals surface area contributed by atoms with Crippen molar-refractivity contribution in [1.29, 1.82) is 0 Å². The summed E-state index contributed by atoms with van der Waals surface area (Å²) in [5.41, 5.74) is 0.146. The molecule has 1 aliphatic rings. The SMILES string of the molecule is CNCC(CC(C)C)NC(=O)N1CCC[C@@H]([C@@](O)(CCCCOC)c2ccccc2Oc2ccc(F)cc2C)C1. The lowest BCUT2D eigenvalue weighted by Crippen LogP contribution is -2.54. The molecule has 2 aromatic carbocycles. The van der Waals surface area contributed by atoms with Crippen LogP contribution in [0.3, 0.4) is 0 Å². The Morgan fingerprint density at radius 1 is 1.20 bits per heavy atom. The molecule has 3 rings (SSSR count). The van der Waals surface area contributed by atoms with Crippen LogP contribution in [0.5, 0.6) is 11.5 Å². The lowest BCUT2D eigenvalue weighted by molar-refractivity contribution is -0.0575. The molecule has 40 heavy (non-hydrogen) atoms.